The average molecular weight is 372 g/mol. The molecule has 0 spiro atoms. The highest BCUT2D eigenvalue weighted by atomic mass is 16.6. The van der Waals surface area contributed by atoms with Gasteiger partial charge < -0.3 is 29.9 Å². The number of aliphatic hydroxyl groups excluding tert-OH is 4. The Kier molecular flexibility index (Phi) is 5.33. The molecular formula is C16H24N2O8. The summed E-state index contributed by atoms with van der Waals surface area (Å²) in [5, 5.41) is 40.4. The Labute approximate surface area is 148 Å². The number of hydrogen-bond donors (Lipinski definition) is 5. The average Bonchev–Trinajstić information content (AvgIpc) is 2.96. The number of aromatic nitrogens is 2. The van der Waals surface area contributed by atoms with Gasteiger partial charge >= 0.3 is 5.69 Å². The van der Waals surface area contributed by atoms with Gasteiger partial charge in [0.15, 0.2) is 0 Å². The van der Waals surface area contributed by atoms with Crippen LogP contribution in [0.3, 0.4) is 0 Å². The maximum atomic E-state index is 12.0. The second-order valence-electron chi connectivity index (χ2n) is 7.00. The Morgan fingerprint density at radius 1 is 1.19 bits per heavy atom. The topological polar surface area (TPSA) is 154 Å². The Morgan fingerprint density at radius 2 is 1.88 bits per heavy atom. The summed E-state index contributed by atoms with van der Waals surface area (Å²) in [4.78, 5) is 25.6. The minimum Gasteiger partial charge on any atom is -0.390 e. The second-order valence-corrected chi connectivity index (χ2v) is 7.00. The third-order valence-corrected chi connectivity index (χ3v) is 5.05. The van der Waals surface area contributed by atoms with Gasteiger partial charge in [-0.05, 0) is 13.8 Å². The molecule has 1 unspecified atom stereocenters. The fourth-order valence-corrected chi connectivity index (χ4v) is 3.49. The lowest BCUT2D eigenvalue weighted by atomic mass is 9.92. The SMILES string of the molecule is Cc1cn([C@H]2C[C@H](O)[C@@H](C(O)[C@@H]3C[C@H](O)[C@H](O)[C@H](C)O3)O2)c(=O)[nH]c1=O. The summed E-state index contributed by atoms with van der Waals surface area (Å²) in [5.74, 6) is 0. The summed E-state index contributed by atoms with van der Waals surface area (Å²) in [6, 6.07) is 0. The van der Waals surface area contributed by atoms with Crippen LogP contribution in [0.5, 0.6) is 0 Å². The quantitative estimate of drug-likeness (QED) is 0.399. The summed E-state index contributed by atoms with van der Waals surface area (Å²) in [6.07, 6.45) is -6.50. The normalized spacial score (nSPS) is 39.1. The smallest absolute Gasteiger partial charge is 0.330 e. The first kappa shape index (κ1) is 19.2. The molecule has 0 radical (unpaired) electrons. The van der Waals surface area contributed by atoms with E-state index in [1.807, 2.05) is 0 Å². The van der Waals surface area contributed by atoms with E-state index in [1.54, 1.807) is 6.92 Å². The largest absolute Gasteiger partial charge is 0.390 e. The van der Waals surface area contributed by atoms with E-state index in [9.17, 15) is 30.0 Å². The van der Waals surface area contributed by atoms with Crippen LogP contribution in [-0.2, 0) is 9.47 Å². The molecule has 3 rings (SSSR count). The van der Waals surface area contributed by atoms with Crippen molar-refractivity contribution < 1.29 is 29.9 Å². The molecule has 2 fully saturated rings. The number of aryl methyl sites for hydroxylation is 1. The zero-order chi connectivity index (χ0) is 19.2. The molecule has 0 amide bonds. The number of hydrogen-bond acceptors (Lipinski definition) is 8. The van der Waals surface area contributed by atoms with Crippen LogP contribution in [0.1, 0.15) is 31.6 Å². The maximum absolute atomic E-state index is 12.0. The number of aliphatic hydroxyl groups is 4. The fourth-order valence-electron chi connectivity index (χ4n) is 3.49. The van der Waals surface area contributed by atoms with E-state index < -0.39 is 60.2 Å². The standard InChI is InChI=1S/C16H24N2O8/c1-6-5-18(16(24)17-15(6)23)11-4-9(20)14(26-11)13(22)10-3-8(19)12(21)7(2)25-10/h5,7-14,19-22H,3-4H2,1-2H3,(H,17,23,24)/t7-,8-,9-,10-,11+,12+,13?,14-/m0/s1. The first-order chi connectivity index (χ1) is 12.2. The minimum absolute atomic E-state index is 0.0123. The van der Waals surface area contributed by atoms with Crippen molar-refractivity contribution in [2.45, 2.75) is 75.6 Å². The monoisotopic (exact) mass is 372 g/mol. The molecule has 1 aromatic heterocycles. The number of rotatable bonds is 3. The van der Waals surface area contributed by atoms with Crippen molar-refractivity contribution in [2.24, 2.45) is 0 Å². The van der Waals surface area contributed by atoms with Crippen LogP contribution in [0.15, 0.2) is 15.8 Å². The van der Waals surface area contributed by atoms with Crippen molar-refractivity contribution in [2.75, 3.05) is 0 Å². The first-order valence-electron chi connectivity index (χ1n) is 8.54. The number of aromatic amines is 1. The highest BCUT2D eigenvalue weighted by Gasteiger charge is 2.46. The predicted molar refractivity (Wildman–Crippen MR) is 87.6 cm³/mol. The van der Waals surface area contributed by atoms with Gasteiger partial charge in [-0.1, -0.05) is 0 Å². The molecule has 8 atom stereocenters. The van der Waals surface area contributed by atoms with Crippen molar-refractivity contribution in [1.29, 1.82) is 0 Å². The van der Waals surface area contributed by atoms with Gasteiger partial charge in [-0.2, -0.15) is 0 Å². The molecule has 10 nitrogen and oxygen atoms in total. The maximum Gasteiger partial charge on any atom is 0.330 e. The van der Waals surface area contributed by atoms with Gasteiger partial charge in [-0.3, -0.25) is 14.3 Å². The molecule has 1 aromatic rings. The van der Waals surface area contributed by atoms with E-state index >= 15 is 0 Å². The molecule has 3 heterocycles. The Balaban J connectivity index is 1.76. The molecule has 10 heteroatoms. The van der Waals surface area contributed by atoms with Gasteiger partial charge in [0, 0.05) is 24.6 Å². The lowest BCUT2D eigenvalue weighted by Gasteiger charge is -2.39. The van der Waals surface area contributed by atoms with Gasteiger partial charge in [0.1, 0.15) is 24.5 Å². The second kappa shape index (κ2) is 7.22. The van der Waals surface area contributed by atoms with Crippen molar-refractivity contribution in [3.8, 4) is 0 Å². The molecular weight excluding hydrogens is 348 g/mol. The third kappa shape index (κ3) is 3.48. The lowest BCUT2D eigenvalue weighted by molar-refractivity contribution is -0.209. The van der Waals surface area contributed by atoms with Crippen molar-refractivity contribution in [3.63, 3.8) is 0 Å². The van der Waals surface area contributed by atoms with E-state index in [2.05, 4.69) is 4.98 Å². The number of nitrogens with zero attached hydrogens (tertiary/aromatic N) is 1. The number of H-pyrrole nitrogens is 1. The molecule has 2 aliphatic rings. The first-order valence-corrected chi connectivity index (χ1v) is 8.54. The van der Waals surface area contributed by atoms with Crippen molar-refractivity contribution >= 4 is 0 Å². The molecule has 2 saturated heterocycles. The molecule has 5 N–H and O–H groups in total. The van der Waals surface area contributed by atoms with E-state index in [1.165, 1.54) is 13.1 Å². The predicted octanol–water partition coefficient (Wildman–Crippen LogP) is -2.25. The summed E-state index contributed by atoms with van der Waals surface area (Å²) in [5.41, 5.74) is -0.860. The van der Waals surface area contributed by atoms with Gasteiger partial charge in [0.25, 0.3) is 5.56 Å². The van der Waals surface area contributed by atoms with E-state index in [0.29, 0.717) is 5.56 Å². The lowest BCUT2D eigenvalue weighted by Crippen LogP contribution is -2.54. The molecule has 0 saturated carbocycles. The molecule has 26 heavy (non-hydrogen) atoms. The fraction of sp³-hybridized carbons (Fsp3) is 0.750. The Bertz CT molecular complexity index is 749. The minimum atomic E-state index is -1.26. The summed E-state index contributed by atoms with van der Waals surface area (Å²) >= 11 is 0. The summed E-state index contributed by atoms with van der Waals surface area (Å²) < 4.78 is 12.4. The van der Waals surface area contributed by atoms with E-state index in [0.717, 1.165) is 4.57 Å². The zero-order valence-electron chi connectivity index (χ0n) is 14.5. The number of ether oxygens (including phenoxy) is 2. The Hall–Kier alpha value is -1.56. The van der Waals surface area contributed by atoms with Crippen LogP contribution >= 0.6 is 0 Å². The molecule has 0 aliphatic carbocycles. The van der Waals surface area contributed by atoms with Crippen LogP contribution in [0.25, 0.3) is 0 Å². The van der Waals surface area contributed by atoms with Crippen molar-refractivity contribution in [1.82, 2.24) is 9.55 Å². The highest BCUT2D eigenvalue weighted by molar-refractivity contribution is 5.02. The van der Waals surface area contributed by atoms with Gasteiger partial charge in [-0.15, -0.1) is 0 Å². The van der Waals surface area contributed by atoms with Gasteiger partial charge in [-0.25, -0.2) is 4.79 Å². The number of nitrogens with one attached hydrogen (secondary N) is 1. The van der Waals surface area contributed by atoms with Crippen molar-refractivity contribution in [3.05, 3.63) is 32.6 Å². The van der Waals surface area contributed by atoms with Gasteiger partial charge in [0.2, 0.25) is 0 Å². The van der Waals surface area contributed by atoms with Gasteiger partial charge in [0.05, 0.1) is 24.4 Å². The highest BCUT2D eigenvalue weighted by Crippen LogP contribution is 2.33. The summed E-state index contributed by atoms with van der Waals surface area (Å²) in [6.45, 7) is 3.11. The molecule has 0 aromatic carbocycles. The molecule has 146 valence electrons. The van der Waals surface area contributed by atoms with Crippen LogP contribution in [0.4, 0.5) is 0 Å². The van der Waals surface area contributed by atoms with E-state index in [4.69, 9.17) is 9.47 Å². The molecule has 0 bridgehead atoms. The van der Waals surface area contributed by atoms with Crippen LogP contribution < -0.4 is 11.2 Å². The van der Waals surface area contributed by atoms with Crippen LogP contribution in [0.2, 0.25) is 0 Å². The molecule has 2 aliphatic heterocycles. The third-order valence-electron chi connectivity index (χ3n) is 5.05. The van der Waals surface area contributed by atoms with Crippen LogP contribution in [0, 0.1) is 6.92 Å². The van der Waals surface area contributed by atoms with Crippen LogP contribution in [-0.4, -0.2) is 72.7 Å². The summed E-state index contributed by atoms with van der Waals surface area (Å²) in [7, 11) is 0. The zero-order valence-corrected chi connectivity index (χ0v) is 14.5. The van der Waals surface area contributed by atoms with E-state index in [-0.39, 0.29) is 12.8 Å². The Morgan fingerprint density at radius 3 is 2.54 bits per heavy atom.